The molecule has 2 aromatic carbocycles. The molecule has 0 aliphatic heterocycles. The molecular formula is C14H12F10NP. The van der Waals surface area contributed by atoms with Crippen LogP contribution < -0.4 is 5.32 Å². The molecule has 0 heterocycles. The summed E-state index contributed by atoms with van der Waals surface area (Å²) in [6, 6.07) is 6.51. The molecule has 148 valence electrons. The fourth-order valence-corrected chi connectivity index (χ4v) is 1.86. The Morgan fingerprint density at radius 1 is 0.538 bits per heavy atom. The van der Waals surface area contributed by atoms with Crippen molar-refractivity contribution in [2.45, 2.75) is 13.1 Å². The second kappa shape index (κ2) is 7.03. The second-order valence-electron chi connectivity index (χ2n) is 5.21. The quantitative estimate of drug-likeness (QED) is 0.474. The third-order valence-electron chi connectivity index (χ3n) is 2.60. The van der Waals surface area contributed by atoms with E-state index in [2.05, 4.69) is 0 Å². The van der Waals surface area contributed by atoms with Crippen molar-refractivity contribution in [1.82, 2.24) is 0 Å². The van der Waals surface area contributed by atoms with E-state index in [-0.39, 0.29) is 0 Å². The van der Waals surface area contributed by atoms with Crippen molar-refractivity contribution in [3.8, 4) is 0 Å². The van der Waals surface area contributed by atoms with Gasteiger partial charge in [-0.3, -0.25) is 0 Å². The molecule has 0 amide bonds. The van der Waals surface area contributed by atoms with Gasteiger partial charge in [-0.15, -0.1) is 0 Å². The van der Waals surface area contributed by atoms with Gasteiger partial charge in [-0.1, -0.05) is 0 Å². The third kappa shape index (κ3) is 12.5. The van der Waals surface area contributed by atoms with Crippen LogP contribution >= 0.6 is 7.81 Å². The van der Waals surface area contributed by atoms with Crippen LogP contribution in [0.15, 0.2) is 36.4 Å². The van der Waals surface area contributed by atoms with E-state index in [9.17, 15) is 42.7 Å². The number of hydrogen-bond acceptors (Lipinski definition) is 0. The summed E-state index contributed by atoms with van der Waals surface area (Å²) in [5, 5.41) is 1.71. The minimum Gasteiger partial charge on any atom is -0.339 e. The van der Waals surface area contributed by atoms with E-state index in [4.69, 9.17) is 0 Å². The zero-order valence-corrected chi connectivity index (χ0v) is 13.6. The number of nitrogens with two attached hydrogens (primary N) is 1. The predicted octanol–water partition coefficient (Wildman–Crippen LogP) is 5.89. The molecule has 0 saturated carbocycles. The van der Waals surface area contributed by atoms with Gasteiger partial charge in [0.1, 0.15) is 36.4 Å². The van der Waals surface area contributed by atoms with E-state index in [1.807, 2.05) is 0 Å². The minimum absolute atomic E-state index is 0.326. The molecule has 0 bridgehead atoms. The summed E-state index contributed by atoms with van der Waals surface area (Å²) in [7, 11) is -10.7. The summed E-state index contributed by atoms with van der Waals surface area (Å²) in [4.78, 5) is 0. The Kier molecular flexibility index (Phi) is 6.00. The summed E-state index contributed by atoms with van der Waals surface area (Å²) < 4.78 is 111. The minimum atomic E-state index is -10.7. The molecule has 2 N–H and O–H groups in total. The molecule has 0 radical (unpaired) electrons. The van der Waals surface area contributed by atoms with Crippen molar-refractivity contribution in [2.24, 2.45) is 0 Å². The molecule has 0 unspecified atom stereocenters. The van der Waals surface area contributed by atoms with E-state index in [0.29, 0.717) is 24.2 Å². The summed E-state index contributed by atoms with van der Waals surface area (Å²) in [6.45, 7) is 0.652. The first-order valence-electron chi connectivity index (χ1n) is 6.76. The molecule has 1 nitrogen and oxygen atoms in total. The van der Waals surface area contributed by atoms with Gasteiger partial charge < -0.3 is 5.32 Å². The first-order valence-corrected chi connectivity index (χ1v) is 8.79. The van der Waals surface area contributed by atoms with E-state index < -0.39 is 31.1 Å². The van der Waals surface area contributed by atoms with Crippen molar-refractivity contribution in [3.63, 3.8) is 0 Å². The maximum atomic E-state index is 12.9. The van der Waals surface area contributed by atoms with Gasteiger partial charge in [-0.05, 0) is 24.3 Å². The van der Waals surface area contributed by atoms with Gasteiger partial charge in [-0.25, -0.2) is 17.6 Å². The number of rotatable bonds is 4. The molecule has 2 aromatic rings. The van der Waals surface area contributed by atoms with Crippen LogP contribution in [0.25, 0.3) is 0 Å². The molecule has 0 aromatic heterocycles. The smallest absolute Gasteiger partial charge is 0.126 e. The van der Waals surface area contributed by atoms with Gasteiger partial charge in [0.2, 0.25) is 0 Å². The van der Waals surface area contributed by atoms with Gasteiger partial charge in [0, 0.05) is 23.3 Å². The third-order valence-corrected chi connectivity index (χ3v) is 2.60. The van der Waals surface area contributed by atoms with Crippen molar-refractivity contribution in [2.75, 3.05) is 0 Å². The molecule has 12 heteroatoms. The van der Waals surface area contributed by atoms with Crippen LogP contribution in [0, 0.1) is 23.3 Å². The molecule has 0 spiro atoms. The van der Waals surface area contributed by atoms with Crippen LogP contribution in [0.5, 0.6) is 0 Å². The number of hydrogen-bond donors (Lipinski definition) is 1. The maximum Gasteiger partial charge on any atom is 0.126 e. The Balaban J connectivity index is 0.000000412. The first kappa shape index (κ1) is 22.2. The van der Waals surface area contributed by atoms with Crippen LogP contribution in [-0.2, 0) is 13.1 Å². The SMILES string of the molecule is F[P-](F)(F)(F)(F)F.Fc1cc(F)cc(C[NH2+]Cc2cc(F)cc(F)c2)c1. The fraction of sp³-hybridized carbons (Fsp3) is 0.143. The molecule has 0 aliphatic rings. The van der Waals surface area contributed by atoms with Gasteiger partial charge >= 0.3 is 33.0 Å². The molecular weight excluding hydrogens is 403 g/mol. The average molecular weight is 415 g/mol. The Hall–Kier alpha value is -1.87. The first-order chi connectivity index (χ1) is 11.5. The summed E-state index contributed by atoms with van der Waals surface area (Å²) in [6.07, 6.45) is 0. The number of halogens is 10. The summed E-state index contributed by atoms with van der Waals surface area (Å²) in [5.74, 6) is -2.55. The Morgan fingerprint density at radius 3 is 1.00 bits per heavy atom. The Bertz CT molecular complexity index is 670. The zero-order chi connectivity index (χ0) is 20.2. The van der Waals surface area contributed by atoms with Crippen molar-refractivity contribution in [1.29, 1.82) is 0 Å². The van der Waals surface area contributed by atoms with Gasteiger partial charge in [0.25, 0.3) is 0 Å². The molecule has 0 saturated heterocycles. The van der Waals surface area contributed by atoms with E-state index in [1.54, 1.807) is 5.32 Å². The predicted molar refractivity (Wildman–Crippen MR) is 75.6 cm³/mol. The summed E-state index contributed by atoms with van der Waals surface area (Å²) in [5.41, 5.74) is 0.962. The van der Waals surface area contributed by atoms with Crippen molar-refractivity contribution in [3.05, 3.63) is 70.8 Å². The van der Waals surface area contributed by atoms with Crippen LogP contribution in [-0.4, -0.2) is 0 Å². The molecule has 2 rings (SSSR count). The normalized spacial score (nSPS) is 14.1. The second-order valence-corrected chi connectivity index (χ2v) is 7.13. The Labute approximate surface area is 140 Å². The monoisotopic (exact) mass is 415 g/mol. The van der Waals surface area contributed by atoms with Gasteiger partial charge in [0.15, 0.2) is 0 Å². The summed E-state index contributed by atoms with van der Waals surface area (Å²) >= 11 is 0. The number of benzene rings is 2. The number of quaternary nitrogens is 1. The fourth-order valence-electron chi connectivity index (χ4n) is 1.86. The molecule has 0 atom stereocenters. The topological polar surface area (TPSA) is 16.6 Å². The zero-order valence-electron chi connectivity index (χ0n) is 12.7. The van der Waals surface area contributed by atoms with E-state index >= 15 is 0 Å². The standard InChI is InChI=1S/C14H11F4N.F6P/c15-11-1-9(2-12(16)5-11)7-19-8-10-3-13(17)6-14(18)4-10;1-7(2,3,4,5)6/h1-6,19H,7-8H2;/q;-1/p+1. The van der Waals surface area contributed by atoms with E-state index in [1.165, 1.54) is 24.3 Å². The van der Waals surface area contributed by atoms with Crippen molar-refractivity contribution < 1.29 is 48.1 Å². The van der Waals surface area contributed by atoms with Crippen LogP contribution in [0.1, 0.15) is 11.1 Å². The van der Waals surface area contributed by atoms with Crippen molar-refractivity contribution >= 4 is 7.81 Å². The van der Waals surface area contributed by atoms with Crippen LogP contribution in [0.2, 0.25) is 0 Å². The molecule has 26 heavy (non-hydrogen) atoms. The molecule has 0 aliphatic carbocycles. The van der Waals surface area contributed by atoms with Crippen LogP contribution in [0.4, 0.5) is 42.7 Å². The molecule has 0 fully saturated rings. The van der Waals surface area contributed by atoms with Crippen LogP contribution in [0.3, 0.4) is 0 Å². The maximum absolute atomic E-state index is 12.9. The van der Waals surface area contributed by atoms with Gasteiger partial charge in [0.05, 0.1) is 0 Å². The average Bonchev–Trinajstić information content (AvgIpc) is 2.32. The largest absolute Gasteiger partial charge is 0.339 e. The Morgan fingerprint density at radius 2 is 0.769 bits per heavy atom. The van der Waals surface area contributed by atoms with E-state index in [0.717, 1.165) is 12.1 Å². The van der Waals surface area contributed by atoms with Gasteiger partial charge in [-0.2, -0.15) is 0 Å².